The summed E-state index contributed by atoms with van der Waals surface area (Å²) >= 11 is 0. The van der Waals surface area contributed by atoms with Gasteiger partial charge in [-0.25, -0.2) is 0 Å². The van der Waals surface area contributed by atoms with Gasteiger partial charge in [0.25, 0.3) is 0 Å². The summed E-state index contributed by atoms with van der Waals surface area (Å²) in [6.07, 6.45) is 1.80. The summed E-state index contributed by atoms with van der Waals surface area (Å²) in [4.78, 5) is 4.27. The monoisotopic (exact) mass is 228 g/mol. The lowest BCUT2D eigenvalue weighted by Crippen LogP contribution is -2.02. The fourth-order valence-electron chi connectivity index (χ4n) is 1.61. The standard InChI is InChI=1S/C14H16N2O/c1-11-6-7-13(17-2)9-14(11)16-10-12-5-3-4-8-15-12/h3-9,16H,10H2,1-2H3. The van der Waals surface area contributed by atoms with Crippen LogP contribution in [0.2, 0.25) is 0 Å². The lowest BCUT2D eigenvalue weighted by molar-refractivity contribution is 0.415. The van der Waals surface area contributed by atoms with E-state index >= 15 is 0 Å². The molecule has 0 aliphatic heterocycles. The van der Waals surface area contributed by atoms with E-state index in [0.29, 0.717) is 0 Å². The average Bonchev–Trinajstić information content (AvgIpc) is 2.39. The molecule has 1 heterocycles. The van der Waals surface area contributed by atoms with E-state index in [4.69, 9.17) is 4.74 Å². The number of hydrogen-bond acceptors (Lipinski definition) is 3. The third-order valence-electron chi connectivity index (χ3n) is 2.63. The fraction of sp³-hybridized carbons (Fsp3) is 0.214. The first-order valence-corrected chi connectivity index (χ1v) is 5.58. The molecule has 2 aromatic rings. The van der Waals surface area contributed by atoms with Crippen molar-refractivity contribution in [3.05, 3.63) is 53.9 Å². The Bertz CT molecular complexity index is 483. The molecule has 0 atom stereocenters. The van der Waals surface area contributed by atoms with Crippen LogP contribution in [-0.2, 0) is 6.54 Å². The molecule has 88 valence electrons. The number of benzene rings is 1. The number of rotatable bonds is 4. The number of aryl methyl sites for hydroxylation is 1. The van der Waals surface area contributed by atoms with Gasteiger partial charge in [-0.05, 0) is 30.7 Å². The number of aromatic nitrogens is 1. The zero-order valence-corrected chi connectivity index (χ0v) is 10.1. The number of nitrogens with zero attached hydrogens (tertiary/aromatic N) is 1. The molecule has 3 nitrogen and oxygen atoms in total. The van der Waals surface area contributed by atoms with Crippen molar-refractivity contribution >= 4 is 5.69 Å². The number of nitrogens with one attached hydrogen (secondary N) is 1. The van der Waals surface area contributed by atoms with Crippen molar-refractivity contribution in [2.75, 3.05) is 12.4 Å². The van der Waals surface area contributed by atoms with Crippen LogP contribution in [0.3, 0.4) is 0 Å². The van der Waals surface area contributed by atoms with Crippen LogP contribution in [0.4, 0.5) is 5.69 Å². The van der Waals surface area contributed by atoms with Crippen molar-refractivity contribution < 1.29 is 4.74 Å². The summed E-state index contributed by atoms with van der Waals surface area (Å²) < 4.78 is 5.21. The molecule has 0 radical (unpaired) electrons. The molecule has 2 rings (SSSR count). The van der Waals surface area contributed by atoms with Gasteiger partial charge in [-0.3, -0.25) is 4.98 Å². The zero-order valence-electron chi connectivity index (χ0n) is 10.1. The lowest BCUT2D eigenvalue weighted by atomic mass is 10.2. The molecule has 0 saturated carbocycles. The highest BCUT2D eigenvalue weighted by molar-refractivity contribution is 5.54. The molecule has 0 fully saturated rings. The fourth-order valence-corrected chi connectivity index (χ4v) is 1.61. The van der Waals surface area contributed by atoms with Crippen molar-refractivity contribution in [3.63, 3.8) is 0 Å². The van der Waals surface area contributed by atoms with Gasteiger partial charge in [-0.2, -0.15) is 0 Å². The first kappa shape index (κ1) is 11.5. The third-order valence-corrected chi connectivity index (χ3v) is 2.63. The van der Waals surface area contributed by atoms with E-state index < -0.39 is 0 Å². The highest BCUT2D eigenvalue weighted by Crippen LogP contribution is 2.21. The molecule has 3 heteroatoms. The maximum atomic E-state index is 5.21. The first-order valence-electron chi connectivity index (χ1n) is 5.58. The largest absolute Gasteiger partial charge is 0.497 e. The maximum Gasteiger partial charge on any atom is 0.120 e. The average molecular weight is 228 g/mol. The van der Waals surface area contributed by atoms with Gasteiger partial charge in [-0.15, -0.1) is 0 Å². The maximum absolute atomic E-state index is 5.21. The second kappa shape index (κ2) is 5.34. The molecule has 0 amide bonds. The van der Waals surface area contributed by atoms with Gasteiger partial charge in [0.2, 0.25) is 0 Å². The lowest BCUT2D eigenvalue weighted by Gasteiger charge is -2.10. The van der Waals surface area contributed by atoms with Crippen molar-refractivity contribution in [1.82, 2.24) is 4.98 Å². The van der Waals surface area contributed by atoms with E-state index in [1.807, 2.05) is 36.4 Å². The van der Waals surface area contributed by atoms with Crippen LogP contribution in [-0.4, -0.2) is 12.1 Å². The Morgan fingerprint density at radius 2 is 2.12 bits per heavy atom. The van der Waals surface area contributed by atoms with E-state index in [-0.39, 0.29) is 0 Å². The minimum atomic E-state index is 0.717. The highest BCUT2D eigenvalue weighted by Gasteiger charge is 2.00. The van der Waals surface area contributed by atoms with Crippen molar-refractivity contribution in [2.45, 2.75) is 13.5 Å². The molecule has 0 saturated heterocycles. The van der Waals surface area contributed by atoms with Crippen LogP contribution >= 0.6 is 0 Å². The second-order valence-corrected chi connectivity index (χ2v) is 3.86. The molecule has 0 unspecified atom stereocenters. The van der Waals surface area contributed by atoms with E-state index in [0.717, 1.165) is 23.7 Å². The van der Waals surface area contributed by atoms with Gasteiger partial charge in [0.15, 0.2) is 0 Å². The molecule has 17 heavy (non-hydrogen) atoms. The molecule has 1 N–H and O–H groups in total. The Kier molecular flexibility index (Phi) is 3.60. The van der Waals surface area contributed by atoms with Crippen LogP contribution in [0, 0.1) is 6.92 Å². The van der Waals surface area contributed by atoms with E-state index in [2.05, 4.69) is 17.2 Å². The van der Waals surface area contributed by atoms with Crippen LogP contribution in [0.5, 0.6) is 5.75 Å². The van der Waals surface area contributed by atoms with Gasteiger partial charge in [-0.1, -0.05) is 12.1 Å². The van der Waals surface area contributed by atoms with Gasteiger partial charge >= 0.3 is 0 Å². The minimum Gasteiger partial charge on any atom is -0.497 e. The topological polar surface area (TPSA) is 34.1 Å². The van der Waals surface area contributed by atoms with Crippen LogP contribution < -0.4 is 10.1 Å². The number of methoxy groups -OCH3 is 1. The van der Waals surface area contributed by atoms with E-state index in [9.17, 15) is 0 Å². The van der Waals surface area contributed by atoms with Crippen molar-refractivity contribution in [3.8, 4) is 5.75 Å². The zero-order chi connectivity index (χ0) is 12.1. The molecular formula is C14H16N2O. The predicted molar refractivity (Wildman–Crippen MR) is 69.3 cm³/mol. The molecule has 0 aliphatic carbocycles. The quantitative estimate of drug-likeness (QED) is 0.873. The van der Waals surface area contributed by atoms with Gasteiger partial charge in [0.1, 0.15) is 5.75 Å². The molecule has 0 spiro atoms. The van der Waals surface area contributed by atoms with E-state index in [1.165, 1.54) is 5.56 Å². The molecule has 0 bridgehead atoms. The summed E-state index contributed by atoms with van der Waals surface area (Å²) in [5.41, 5.74) is 3.30. The highest BCUT2D eigenvalue weighted by atomic mass is 16.5. The molecule has 1 aromatic carbocycles. The Balaban J connectivity index is 2.08. The molecule has 0 aliphatic rings. The van der Waals surface area contributed by atoms with Crippen molar-refractivity contribution in [2.24, 2.45) is 0 Å². The van der Waals surface area contributed by atoms with Crippen LogP contribution in [0.15, 0.2) is 42.6 Å². The Hall–Kier alpha value is -2.03. The number of hydrogen-bond donors (Lipinski definition) is 1. The first-order chi connectivity index (χ1) is 8.29. The number of pyridine rings is 1. The Morgan fingerprint density at radius 1 is 1.24 bits per heavy atom. The van der Waals surface area contributed by atoms with Crippen LogP contribution in [0.1, 0.15) is 11.3 Å². The smallest absolute Gasteiger partial charge is 0.120 e. The summed E-state index contributed by atoms with van der Waals surface area (Å²) in [7, 11) is 1.67. The number of anilines is 1. The van der Waals surface area contributed by atoms with Crippen LogP contribution in [0.25, 0.3) is 0 Å². The normalized spacial score (nSPS) is 10.0. The van der Waals surface area contributed by atoms with Crippen molar-refractivity contribution in [1.29, 1.82) is 0 Å². The molecule has 1 aromatic heterocycles. The summed E-state index contributed by atoms with van der Waals surface area (Å²) in [6.45, 7) is 2.79. The van der Waals surface area contributed by atoms with Gasteiger partial charge < -0.3 is 10.1 Å². The Morgan fingerprint density at radius 3 is 2.82 bits per heavy atom. The third kappa shape index (κ3) is 2.97. The van der Waals surface area contributed by atoms with E-state index in [1.54, 1.807) is 13.3 Å². The summed E-state index contributed by atoms with van der Waals surface area (Å²) in [5, 5.41) is 3.36. The summed E-state index contributed by atoms with van der Waals surface area (Å²) in [6, 6.07) is 11.9. The van der Waals surface area contributed by atoms with Gasteiger partial charge in [0.05, 0.1) is 19.3 Å². The second-order valence-electron chi connectivity index (χ2n) is 3.86. The summed E-state index contributed by atoms with van der Waals surface area (Å²) in [5.74, 6) is 0.860. The van der Waals surface area contributed by atoms with Gasteiger partial charge in [0, 0.05) is 18.0 Å². The predicted octanol–water partition coefficient (Wildman–Crippen LogP) is 3.01. The SMILES string of the molecule is COc1ccc(C)c(NCc2ccccn2)c1. The molecular weight excluding hydrogens is 212 g/mol. The number of ether oxygens (including phenoxy) is 1. The minimum absolute atomic E-state index is 0.717. The Labute approximate surface area is 101 Å².